The number of aliphatic hydroxyl groups excluding tert-OH is 1. The van der Waals surface area contributed by atoms with Crippen molar-refractivity contribution in [3.05, 3.63) is 11.8 Å². The molecular weight excluding hydrogens is 178 g/mol. The van der Waals surface area contributed by atoms with Gasteiger partial charge in [0.05, 0.1) is 18.8 Å². The third-order valence-corrected chi connectivity index (χ3v) is 3.76. The van der Waals surface area contributed by atoms with E-state index in [2.05, 4.69) is 0 Å². The Bertz CT molecular complexity index is 286. The van der Waals surface area contributed by atoms with Crippen LogP contribution in [0.2, 0.25) is 0 Å². The van der Waals surface area contributed by atoms with E-state index in [4.69, 9.17) is 5.11 Å². The molecule has 4 nitrogen and oxygen atoms in total. The van der Waals surface area contributed by atoms with Crippen LogP contribution in [0.25, 0.3) is 0 Å². The lowest BCUT2D eigenvalue weighted by atomic mass is 10.2. The summed E-state index contributed by atoms with van der Waals surface area (Å²) in [6, 6.07) is 0. The number of aliphatic hydroxyl groups is 1. The van der Waals surface area contributed by atoms with Crippen LogP contribution in [0.3, 0.4) is 0 Å². The smallest absolute Gasteiger partial charge is 0.230 e. The summed E-state index contributed by atoms with van der Waals surface area (Å²) < 4.78 is 11.3. The fraction of sp³-hybridized carbons (Fsp3) is 0.571. The van der Waals surface area contributed by atoms with Crippen molar-refractivity contribution in [2.45, 2.75) is 11.8 Å². The molecule has 1 unspecified atom stereocenters. The van der Waals surface area contributed by atoms with Gasteiger partial charge in [0.1, 0.15) is 5.37 Å². The molecule has 2 rings (SSSR count). The average molecular weight is 187 g/mol. The van der Waals surface area contributed by atoms with Gasteiger partial charge in [-0.3, -0.25) is 9.00 Å². The van der Waals surface area contributed by atoms with Crippen LogP contribution in [-0.2, 0) is 15.6 Å². The maximum atomic E-state index is 11.3. The molecule has 1 saturated heterocycles. The van der Waals surface area contributed by atoms with Gasteiger partial charge in [-0.1, -0.05) is 0 Å². The van der Waals surface area contributed by atoms with E-state index >= 15 is 0 Å². The first-order valence-corrected chi connectivity index (χ1v) is 5.09. The zero-order chi connectivity index (χ0) is 8.72. The molecule has 66 valence electrons. The van der Waals surface area contributed by atoms with Crippen LogP contribution in [0.15, 0.2) is 11.8 Å². The minimum atomic E-state index is -1.00. The summed E-state index contributed by atoms with van der Waals surface area (Å²) in [6.07, 6.45) is 2.01. The van der Waals surface area contributed by atoms with Gasteiger partial charge in [-0.15, -0.1) is 0 Å². The summed E-state index contributed by atoms with van der Waals surface area (Å²) in [7, 11) is -1.00. The van der Waals surface area contributed by atoms with Crippen LogP contribution in [-0.4, -0.2) is 37.9 Å². The van der Waals surface area contributed by atoms with Crippen LogP contribution in [0.1, 0.15) is 6.42 Å². The zero-order valence-electron chi connectivity index (χ0n) is 6.40. The van der Waals surface area contributed by atoms with Crippen molar-refractivity contribution >= 4 is 16.7 Å². The lowest BCUT2D eigenvalue weighted by molar-refractivity contribution is -0.137. The summed E-state index contributed by atoms with van der Waals surface area (Å²) >= 11 is 0. The average Bonchev–Trinajstić information content (AvgIpc) is 2.06. The fourth-order valence-electron chi connectivity index (χ4n) is 1.38. The van der Waals surface area contributed by atoms with Gasteiger partial charge in [0, 0.05) is 17.0 Å². The van der Waals surface area contributed by atoms with E-state index < -0.39 is 10.8 Å². The van der Waals surface area contributed by atoms with Crippen molar-refractivity contribution in [1.29, 1.82) is 0 Å². The lowest BCUT2D eigenvalue weighted by Crippen LogP contribution is -2.54. The highest BCUT2D eigenvalue weighted by molar-refractivity contribution is 7.86. The molecule has 0 spiro atoms. The monoisotopic (exact) mass is 187 g/mol. The SMILES string of the molecule is O=C1C[C@@H]2N1C=C(CO)CS2=O. The Hall–Kier alpha value is -0.680. The Labute approximate surface area is 72.3 Å². The molecule has 0 aromatic carbocycles. The Kier molecular flexibility index (Phi) is 1.77. The van der Waals surface area contributed by atoms with Gasteiger partial charge in [-0.25, -0.2) is 0 Å². The quantitative estimate of drug-likeness (QED) is 0.546. The van der Waals surface area contributed by atoms with Crippen molar-refractivity contribution in [2.24, 2.45) is 0 Å². The molecule has 2 aliphatic heterocycles. The molecule has 2 heterocycles. The molecule has 12 heavy (non-hydrogen) atoms. The van der Waals surface area contributed by atoms with Gasteiger partial charge in [0.25, 0.3) is 0 Å². The number of amides is 1. The lowest BCUT2D eigenvalue weighted by Gasteiger charge is -2.40. The molecule has 0 radical (unpaired) electrons. The summed E-state index contributed by atoms with van der Waals surface area (Å²) in [5, 5.41) is 8.66. The summed E-state index contributed by atoms with van der Waals surface area (Å²) in [6.45, 7) is -0.109. The Balaban J connectivity index is 2.24. The van der Waals surface area contributed by atoms with E-state index in [1.165, 1.54) is 4.90 Å². The second kappa shape index (κ2) is 2.67. The maximum Gasteiger partial charge on any atom is 0.230 e. The normalized spacial score (nSPS) is 33.9. The highest BCUT2D eigenvalue weighted by Crippen LogP contribution is 2.28. The fourth-order valence-corrected chi connectivity index (χ4v) is 2.86. The Morgan fingerprint density at radius 2 is 2.50 bits per heavy atom. The van der Waals surface area contributed by atoms with Crippen molar-refractivity contribution in [3.8, 4) is 0 Å². The molecule has 0 aromatic rings. The van der Waals surface area contributed by atoms with Gasteiger partial charge in [-0.05, 0) is 5.57 Å². The zero-order valence-corrected chi connectivity index (χ0v) is 7.21. The molecule has 0 aromatic heterocycles. The molecule has 1 N–H and O–H groups in total. The van der Waals surface area contributed by atoms with Crippen molar-refractivity contribution < 1.29 is 14.1 Å². The molecule has 0 aliphatic carbocycles. The van der Waals surface area contributed by atoms with E-state index in [1.807, 2.05) is 0 Å². The largest absolute Gasteiger partial charge is 0.392 e. The van der Waals surface area contributed by atoms with E-state index in [9.17, 15) is 9.00 Å². The summed E-state index contributed by atoms with van der Waals surface area (Å²) in [5.41, 5.74) is 0.678. The van der Waals surface area contributed by atoms with Gasteiger partial charge >= 0.3 is 0 Å². The molecule has 2 atom stereocenters. The van der Waals surface area contributed by atoms with Crippen LogP contribution in [0.5, 0.6) is 0 Å². The van der Waals surface area contributed by atoms with E-state index in [1.54, 1.807) is 6.20 Å². The van der Waals surface area contributed by atoms with Crippen molar-refractivity contribution in [1.82, 2.24) is 4.90 Å². The second-order valence-electron chi connectivity index (χ2n) is 2.93. The van der Waals surface area contributed by atoms with E-state index in [0.29, 0.717) is 17.7 Å². The Morgan fingerprint density at radius 3 is 3.08 bits per heavy atom. The first-order valence-electron chi connectivity index (χ1n) is 3.71. The first kappa shape index (κ1) is 7.94. The van der Waals surface area contributed by atoms with Gasteiger partial charge < -0.3 is 10.0 Å². The highest BCUT2D eigenvalue weighted by Gasteiger charge is 2.41. The van der Waals surface area contributed by atoms with Crippen LogP contribution in [0.4, 0.5) is 0 Å². The molecular formula is C7H9NO3S. The van der Waals surface area contributed by atoms with Gasteiger partial charge in [-0.2, -0.15) is 0 Å². The predicted molar refractivity (Wildman–Crippen MR) is 43.4 cm³/mol. The maximum absolute atomic E-state index is 11.3. The third-order valence-electron chi connectivity index (χ3n) is 2.10. The molecule has 2 aliphatic rings. The molecule has 5 heteroatoms. The molecule has 0 saturated carbocycles. The van der Waals surface area contributed by atoms with Crippen LogP contribution >= 0.6 is 0 Å². The number of hydrogen-bond acceptors (Lipinski definition) is 3. The number of hydrogen-bond donors (Lipinski definition) is 1. The minimum absolute atomic E-state index is 0.000926. The van der Waals surface area contributed by atoms with Crippen LogP contribution in [0, 0.1) is 0 Å². The number of rotatable bonds is 1. The standard InChI is InChI=1S/C7H9NO3S/c9-3-5-2-8-6(10)1-7(8)12(11)4-5/h2,7,9H,1,3-4H2/t7-,12?/m1/s1. The minimum Gasteiger partial charge on any atom is -0.392 e. The third kappa shape index (κ3) is 1.01. The van der Waals surface area contributed by atoms with Gasteiger partial charge in [0.2, 0.25) is 5.91 Å². The molecule has 1 amide bonds. The number of nitrogens with zero attached hydrogens (tertiary/aromatic N) is 1. The topological polar surface area (TPSA) is 57.6 Å². The number of β-lactam (4-membered cyclic amide) rings is 1. The van der Waals surface area contributed by atoms with Gasteiger partial charge in [0.15, 0.2) is 0 Å². The second-order valence-corrected chi connectivity index (χ2v) is 4.52. The number of fused-ring (bicyclic) bond motifs is 1. The first-order chi connectivity index (χ1) is 5.72. The van der Waals surface area contributed by atoms with E-state index in [-0.39, 0.29) is 17.9 Å². The predicted octanol–water partition coefficient (Wildman–Crippen LogP) is -0.817. The van der Waals surface area contributed by atoms with Crippen molar-refractivity contribution in [3.63, 3.8) is 0 Å². The van der Waals surface area contributed by atoms with E-state index in [0.717, 1.165) is 0 Å². The molecule has 1 fully saturated rings. The highest BCUT2D eigenvalue weighted by atomic mass is 32.2. The molecule has 0 bridgehead atoms. The summed E-state index contributed by atoms with van der Waals surface area (Å²) in [5.74, 6) is 0.407. The Morgan fingerprint density at radius 1 is 1.75 bits per heavy atom. The number of carbonyl (C=O) groups is 1. The summed E-state index contributed by atoms with van der Waals surface area (Å²) in [4.78, 5) is 12.4. The van der Waals surface area contributed by atoms with Crippen molar-refractivity contribution in [2.75, 3.05) is 12.4 Å². The van der Waals surface area contributed by atoms with Crippen LogP contribution < -0.4 is 0 Å². The number of carbonyl (C=O) groups excluding carboxylic acids is 1.